The van der Waals surface area contributed by atoms with Gasteiger partial charge in [-0.15, -0.1) is 0 Å². The summed E-state index contributed by atoms with van der Waals surface area (Å²) in [5, 5.41) is 3.40. The monoisotopic (exact) mass is 219 g/mol. The lowest BCUT2D eigenvalue weighted by atomic mass is 10.2. The highest BCUT2D eigenvalue weighted by molar-refractivity contribution is 5.33. The Hall–Kier alpha value is -1.28. The highest BCUT2D eigenvalue weighted by Gasteiger charge is 2.00. The van der Waals surface area contributed by atoms with Crippen LogP contribution in [-0.2, 0) is 6.54 Å². The second-order valence-corrected chi connectivity index (χ2v) is 3.58. The quantitative estimate of drug-likeness (QED) is 0.562. The molecule has 1 rings (SSSR count). The van der Waals surface area contributed by atoms with Gasteiger partial charge < -0.3 is 10.1 Å². The maximum Gasteiger partial charge on any atom is 0.123 e. The summed E-state index contributed by atoms with van der Waals surface area (Å²) >= 11 is 0. The molecule has 0 bridgehead atoms. The molecular formula is C14H21NO. The Morgan fingerprint density at radius 3 is 2.88 bits per heavy atom. The van der Waals surface area contributed by atoms with Crippen molar-refractivity contribution in [1.29, 1.82) is 0 Å². The maximum atomic E-state index is 5.56. The predicted octanol–water partition coefficient (Wildman–Crippen LogP) is 3.14. The van der Waals surface area contributed by atoms with Gasteiger partial charge in [0.05, 0.1) is 6.61 Å². The molecule has 0 radical (unpaired) electrons. The molecule has 16 heavy (non-hydrogen) atoms. The second kappa shape index (κ2) is 7.94. The lowest BCUT2D eigenvalue weighted by molar-refractivity contribution is 0.335. The van der Waals surface area contributed by atoms with E-state index < -0.39 is 0 Å². The highest BCUT2D eigenvalue weighted by atomic mass is 16.5. The summed E-state index contributed by atoms with van der Waals surface area (Å²) in [6, 6.07) is 8.18. The minimum Gasteiger partial charge on any atom is -0.494 e. The van der Waals surface area contributed by atoms with Gasteiger partial charge in [0.2, 0.25) is 0 Å². The normalized spacial score (nSPS) is 10.9. The lowest BCUT2D eigenvalue weighted by Crippen LogP contribution is -2.14. The number of para-hydroxylation sites is 1. The first-order valence-corrected chi connectivity index (χ1v) is 5.91. The highest BCUT2D eigenvalue weighted by Crippen LogP contribution is 2.17. The number of hydrogen-bond acceptors (Lipinski definition) is 2. The van der Waals surface area contributed by atoms with Crippen molar-refractivity contribution < 1.29 is 4.74 Å². The molecular weight excluding hydrogens is 198 g/mol. The van der Waals surface area contributed by atoms with Gasteiger partial charge in [-0.25, -0.2) is 0 Å². The zero-order chi connectivity index (χ0) is 11.6. The van der Waals surface area contributed by atoms with Crippen molar-refractivity contribution in [3.8, 4) is 5.75 Å². The summed E-state index contributed by atoms with van der Waals surface area (Å²) in [6.07, 6.45) is 5.32. The number of ether oxygens (including phenoxy) is 1. The molecule has 0 saturated heterocycles. The van der Waals surface area contributed by atoms with Crippen LogP contribution in [0.15, 0.2) is 36.4 Å². The van der Waals surface area contributed by atoms with Gasteiger partial charge in [0.25, 0.3) is 0 Å². The summed E-state index contributed by atoms with van der Waals surface area (Å²) in [6.45, 7) is 6.65. The molecule has 1 aromatic rings. The van der Waals surface area contributed by atoms with Gasteiger partial charge in [0, 0.05) is 12.1 Å². The van der Waals surface area contributed by atoms with Crippen LogP contribution >= 0.6 is 0 Å². The van der Waals surface area contributed by atoms with E-state index in [0.717, 1.165) is 31.9 Å². The van der Waals surface area contributed by atoms with E-state index in [1.165, 1.54) is 5.56 Å². The number of allylic oxidation sites excluding steroid dienone is 1. The zero-order valence-electron chi connectivity index (χ0n) is 10.2. The van der Waals surface area contributed by atoms with Crippen LogP contribution in [0.2, 0.25) is 0 Å². The molecule has 2 heteroatoms. The first-order chi connectivity index (χ1) is 7.88. The third kappa shape index (κ3) is 4.49. The Morgan fingerprint density at radius 1 is 1.31 bits per heavy atom. The number of nitrogens with one attached hydrogen (secondary N) is 1. The Kier molecular flexibility index (Phi) is 6.35. The van der Waals surface area contributed by atoms with E-state index >= 15 is 0 Å². The molecule has 1 aromatic carbocycles. The molecule has 0 amide bonds. The smallest absolute Gasteiger partial charge is 0.123 e. The molecule has 0 aliphatic heterocycles. The molecule has 0 spiro atoms. The van der Waals surface area contributed by atoms with Gasteiger partial charge in [0.15, 0.2) is 0 Å². The maximum absolute atomic E-state index is 5.56. The third-order valence-electron chi connectivity index (χ3n) is 2.31. The molecule has 0 aliphatic rings. The van der Waals surface area contributed by atoms with Crippen LogP contribution in [0.5, 0.6) is 5.75 Å². The summed E-state index contributed by atoms with van der Waals surface area (Å²) < 4.78 is 5.56. The van der Waals surface area contributed by atoms with Crippen LogP contribution in [0.4, 0.5) is 0 Å². The Labute approximate surface area is 98.3 Å². The van der Waals surface area contributed by atoms with Crippen LogP contribution in [0.3, 0.4) is 0 Å². The van der Waals surface area contributed by atoms with E-state index in [1.807, 2.05) is 32.0 Å². The van der Waals surface area contributed by atoms with Crippen molar-refractivity contribution in [2.75, 3.05) is 13.2 Å². The number of hydrogen-bond donors (Lipinski definition) is 1. The van der Waals surface area contributed by atoms with Crippen molar-refractivity contribution in [1.82, 2.24) is 5.32 Å². The topological polar surface area (TPSA) is 21.3 Å². The number of benzene rings is 1. The molecule has 0 fully saturated rings. The summed E-state index contributed by atoms with van der Waals surface area (Å²) in [7, 11) is 0. The van der Waals surface area contributed by atoms with Crippen molar-refractivity contribution in [3.63, 3.8) is 0 Å². The molecule has 2 nitrogen and oxygen atoms in total. The van der Waals surface area contributed by atoms with E-state index in [9.17, 15) is 0 Å². The van der Waals surface area contributed by atoms with Crippen LogP contribution < -0.4 is 10.1 Å². The first-order valence-electron chi connectivity index (χ1n) is 5.91. The molecule has 0 aliphatic carbocycles. The van der Waals surface area contributed by atoms with Crippen LogP contribution in [-0.4, -0.2) is 13.2 Å². The first kappa shape index (κ1) is 12.8. The summed E-state index contributed by atoms with van der Waals surface area (Å²) in [5.74, 6) is 0.989. The van der Waals surface area contributed by atoms with Crippen LogP contribution in [0, 0.1) is 0 Å². The average molecular weight is 219 g/mol. The van der Waals surface area contributed by atoms with Crippen molar-refractivity contribution in [2.24, 2.45) is 0 Å². The Morgan fingerprint density at radius 2 is 2.12 bits per heavy atom. The summed E-state index contributed by atoms with van der Waals surface area (Å²) in [5.41, 5.74) is 1.23. The van der Waals surface area contributed by atoms with Crippen molar-refractivity contribution in [3.05, 3.63) is 42.0 Å². The lowest BCUT2D eigenvalue weighted by Gasteiger charge is -2.10. The summed E-state index contributed by atoms with van der Waals surface area (Å²) in [4.78, 5) is 0. The molecule has 88 valence electrons. The van der Waals surface area contributed by atoms with Gasteiger partial charge in [0.1, 0.15) is 5.75 Å². The largest absolute Gasteiger partial charge is 0.494 e. The predicted molar refractivity (Wildman–Crippen MR) is 68.7 cm³/mol. The van der Waals surface area contributed by atoms with E-state index in [0.29, 0.717) is 0 Å². The molecule has 1 N–H and O–H groups in total. The third-order valence-corrected chi connectivity index (χ3v) is 2.31. The number of rotatable bonds is 7. The average Bonchev–Trinajstić information content (AvgIpc) is 2.31. The van der Waals surface area contributed by atoms with E-state index in [4.69, 9.17) is 4.74 Å². The van der Waals surface area contributed by atoms with Gasteiger partial charge in [-0.2, -0.15) is 0 Å². The molecule has 0 saturated carbocycles. The van der Waals surface area contributed by atoms with Gasteiger partial charge in [-0.1, -0.05) is 30.4 Å². The van der Waals surface area contributed by atoms with E-state index in [-0.39, 0.29) is 0 Å². The minimum atomic E-state index is 0.718. The van der Waals surface area contributed by atoms with E-state index in [2.05, 4.69) is 23.5 Å². The van der Waals surface area contributed by atoms with Crippen LogP contribution in [0.1, 0.15) is 25.8 Å². The van der Waals surface area contributed by atoms with Crippen molar-refractivity contribution >= 4 is 0 Å². The molecule has 0 atom stereocenters. The second-order valence-electron chi connectivity index (χ2n) is 3.58. The Bertz CT molecular complexity index is 320. The van der Waals surface area contributed by atoms with Gasteiger partial charge in [-0.05, 0) is 32.9 Å². The van der Waals surface area contributed by atoms with Crippen molar-refractivity contribution in [2.45, 2.75) is 26.8 Å². The SMILES string of the molecule is C/C=C/CCNCc1ccccc1OCC. The zero-order valence-corrected chi connectivity index (χ0v) is 10.2. The minimum absolute atomic E-state index is 0.718. The van der Waals surface area contributed by atoms with E-state index in [1.54, 1.807) is 0 Å². The van der Waals surface area contributed by atoms with Gasteiger partial charge >= 0.3 is 0 Å². The fraction of sp³-hybridized carbons (Fsp3) is 0.429. The molecule has 0 aromatic heterocycles. The standard InChI is InChI=1S/C14H21NO/c1-3-5-8-11-15-12-13-9-6-7-10-14(13)16-4-2/h3,5-7,9-10,15H,4,8,11-12H2,1-2H3/b5-3+. The Balaban J connectivity index is 2.40. The van der Waals surface area contributed by atoms with Crippen LogP contribution in [0.25, 0.3) is 0 Å². The molecule has 0 unspecified atom stereocenters. The van der Waals surface area contributed by atoms with Gasteiger partial charge in [-0.3, -0.25) is 0 Å². The fourth-order valence-electron chi connectivity index (χ4n) is 1.52. The fourth-order valence-corrected chi connectivity index (χ4v) is 1.52. The molecule has 0 heterocycles.